The molecule has 1 saturated heterocycles. The first-order valence-corrected chi connectivity index (χ1v) is 10.4. The molecular formula is C18H26N2O4S. The van der Waals surface area contributed by atoms with Crippen molar-refractivity contribution < 1.29 is 17.9 Å². The molecule has 0 spiro atoms. The molecule has 1 saturated carbocycles. The number of sulfonamides is 1. The Bertz CT molecular complexity index is 703. The second kappa shape index (κ2) is 7.33. The van der Waals surface area contributed by atoms with E-state index in [4.69, 9.17) is 4.74 Å². The zero-order valence-corrected chi connectivity index (χ0v) is 15.7. The molecule has 2 fully saturated rings. The zero-order chi connectivity index (χ0) is 18.0. The molecule has 0 unspecified atom stereocenters. The van der Waals surface area contributed by atoms with E-state index < -0.39 is 10.0 Å². The van der Waals surface area contributed by atoms with Crippen LogP contribution in [0.15, 0.2) is 24.3 Å². The molecule has 1 aromatic rings. The Kier molecular flexibility index (Phi) is 5.34. The van der Waals surface area contributed by atoms with E-state index in [0.717, 1.165) is 12.8 Å². The molecule has 0 N–H and O–H groups in total. The van der Waals surface area contributed by atoms with Crippen molar-refractivity contribution in [3.63, 3.8) is 0 Å². The molecule has 0 aromatic heterocycles. The number of hydrogen-bond acceptors (Lipinski definition) is 4. The van der Waals surface area contributed by atoms with E-state index in [1.165, 1.54) is 9.87 Å². The standard InChI is InChI=1S/C18H26N2O4S/c1-14(2)15-3-5-16(6-4-15)24-13-18(21)19-9-11-20(12-10-19)25(22,23)17-7-8-17/h3-6,14,17H,7-13H2,1-2H3. The molecule has 1 aromatic carbocycles. The Morgan fingerprint density at radius 1 is 1.12 bits per heavy atom. The van der Waals surface area contributed by atoms with Gasteiger partial charge in [0.2, 0.25) is 10.0 Å². The summed E-state index contributed by atoms with van der Waals surface area (Å²) in [4.78, 5) is 14.0. The summed E-state index contributed by atoms with van der Waals surface area (Å²) in [7, 11) is -3.14. The summed E-state index contributed by atoms with van der Waals surface area (Å²) in [5, 5.41) is -0.188. The van der Waals surface area contributed by atoms with Gasteiger partial charge in [0.25, 0.3) is 5.91 Å². The molecule has 1 aliphatic carbocycles. The molecule has 25 heavy (non-hydrogen) atoms. The smallest absolute Gasteiger partial charge is 0.260 e. The Hall–Kier alpha value is -1.60. The summed E-state index contributed by atoms with van der Waals surface area (Å²) in [5.74, 6) is 1.03. The van der Waals surface area contributed by atoms with Crippen molar-refractivity contribution >= 4 is 15.9 Å². The third-order valence-electron chi connectivity index (χ3n) is 4.81. The van der Waals surface area contributed by atoms with Crippen molar-refractivity contribution in [2.24, 2.45) is 0 Å². The molecule has 1 amide bonds. The minimum absolute atomic E-state index is 0.0175. The van der Waals surface area contributed by atoms with Crippen molar-refractivity contribution in [3.05, 3.63) is 29.8 Å². The van der Waals surface area contributed by atoms with Gasteiger partial charge in [0.15, 0.2) is 6.61 Å². The van der Waals surface area contributed by atoms with Gasteiger partial charge in [-0.3, -0.25) is 4.79 Å². The van der Waals surface area contributed by atoms with Crippen molar-refractivity contribution in [1.82, 2.24) is 9.21 Å². The maximum absolute atomic E-state index is 12.3. The molecule has 6 nitrogen and oxygen atoms in total. The third-order valence-corrected chi connectivity index (χ3v) is 7.20. The number of amides is 1. The van der Waals surface area contributed by atoms with Crippen LogP contribution in [0.25, 0.3) is 0 Å². The van der Waals surface area contributed by atoms with Gasteiger partial charge in [-0.2, -0.15) is 4.31 Å². The Labute approximate surface area is 149 Å². The van der Waals surface area contributed by atoms with E-state index in [1.807, 2.05) is 24.3 Å². The summed E-state index contributed by atoms with van der Waals surface area (Å²) in [6.07, 6.45) is 1.54. The van der Waals surface area contributed by atoms with Gasteiger partial charge < -0.3 is 9.64 Å². The largest absolute Gasteiger partial charge is 0.484 e. The number of carbonyl (C=O) groups excluding carboxylic acids is 1. The number of hydrogen-bond donors (Lipinski definition) is 0. The van der Waals surface area contributed by atoms with Gasteiger partial charge in [-0.05, 0) is 36.5 Å². The first-order valence-electron chi connectivity index (χ1n) is 8.87. The predicted octanol–water partition coefficient (Wildman–Crippen LogP) is 1.83. The van der Waals surface area contributed by atoms with Crippen LogP contribution in [-0.2, 0) is 14.8 Å². The van der Waals surface area contributed by atoms with E-state index >= 15 is 0 Å². The molecule has 1 heterocycles. The third kappa shape index (κ3) is 4.33. The molecule has 3 rings (SSSR count). The molecule has 0 atom stereocenters. The minimum Gasteiger partial charge on any atom is -0.484 e. The number of nitrogens with zero attached hydrogens (tertiary/aromatic N) is 2. The summed E-state index contributed by atoms with van der Waals surface area (Å²) in [6.45, 7) is 5.86. The summed E-state index contributed by atoms with van der Waals surface area (Å²) < 4.78 is 31.5. The number of ether oxygens (including phenoxy) is 1. The van der Waals surface area contributed by atoms with E-state index in [9.17, 15) is 13.2 Å². The number of benzene rings is 1. The fraction of sp³-hybridized carbons (Fsp3) is 0.611. The lowest BCUT2D eigenvalue weighted by Crippen LogP contribution is -2.52. The molecule has 2 aliphatic rings. The van der Waals surface area contributed by atoms with Crippen LogP contribution in [-0.4, -0.2) is 61.6 Å². The fourth-order valence-corrected chi connectivity index (χ4v) is 4.78. The highest BCUT2D eigenvalue weighted by Gasteiger charge is 2.41. The quantitative estimate of drug-likeness (QED) is 0.770. The van der Waals surface area contributed by atoms with Crippen LogP contribution in [0.5, 0.6) is 5.75 Å². The maximum Gasteiger partial charge on any atom is 0.260 e. The molecule has 7 heteroatoms. The summed E-state index contributed by atoms with van der Waals surface area (Å²) in [6, 6.07) is 7.77. The van der Waals surface area contributed by atoms with Gasteiger partial charge in [0.1, 0.15) is 5.75 Å². The first kappa shape index (κ1) is 18.2. The van der Waals surface area contributed by atoms with Gasteiger partial charge in [-0.25, -0.2) is 8.42 Å². The second-order valence-electron chi connectivity index (χ2n) is 7.04. The molecule has 0 radical (unpaired) electrons. The lowest BCUT2D eigenvalue weighted by molar-refractivity contribution is -0.134. The minimum atomic E-state index is -3.14. The van der Waals surface area contributed by atoms with E-state index in [-0.39, 0.29) is 17.8 Å². The Balaban J connectivity index is 1.46. The van der Waals surface area contributed by atoms with Crippen molar-refractivity contribution in [3.8, 4) is 5.75 Å². The van der Waals surface area contributed by atoms with Gasteiger partial charge in [0.05, 0.1) is 5.25 Å². The fourth-order valence-electron chi connectivity index (χ4n) is 2.95. The monoisotopic (exact) mass is 366 g/mol. The molecule has 1 aliphatic heterocycles. The summed E-state index contributed by atoms with van der Waals surface area (Å²) >= 11 is 0. The average molecular weight is 366 g/mol. The summed E-state index contributed by atoms with van der Waals surface area (Å²) in [5.41, 5.74) is 1.23. The van der Waals surface area contributed by atoms with Crippen LogP contribution in [0.1, 0.15) is 38.2 Å². The van der Waals surface area contributed by atoms with Gasteiger partial charge in [0, 0.05) is 26.2 Å². The van der Waals surface area contributed by atoms with Crippen LogP contribution in [0, 0.1) is 0 Å². The van der Waals surface area contributed by atoms with Crippen molar-refractivity contribution in [2.75, 3.05) is 32.8 Å². The SMILES string of the molecule is CC(C)c1ccc(OCC(=O)N2CCN(S(=O)(=O)C3CC3)CC2)cc1. The number of piperazine rings is 1. The van der Waals surface area contributed by atoms with E-state index in [2.05, 4.69) is 13.8 Å². The molecule has 0 bridgehead atoms. The maximum atomic E-state index is 12.3. The van der Waals surface area contributed by atoms with Crippen molar-refractivity contribution in [1.29, 1.82) is 0 Å². The second-order valence-corrected chi connectivity index (χ2v) is 9.25. The van der Waals surface area contributed by atoms with Crippen LogP contribution in [0.4, 0.5) is 0 Å². The highest BCUT2D eigenvalue weighted by Crippen LogP contribution is 2.31. The molecular weight excluding hydrogens is 340 g/mol. The Morgan fingerprint density at radius 2 is 1.72 bits per heavy atom. The predicted molar refractivity (Wildman–Crippen MR) is 96.1 cm³/mol. The number of carbonyl (C=O) groups is 1. The van der Waals surface area contributed by atoms with Crippen molar-refractivity contribution in [2.45, 2.75) is 37.9 Å². The average Bonchev–Trinajstić information content (AvgIpc) is 3.46. The van der Waals surface area contributed by atoms with Crippen LogP contribution < -0.4 is 4.74 Å². The normalized spacial score (nSPS) is 19.2. The van der Waals surface area contributed by atoms with Gasteiger partial charge in [-0.15, -0.1) is 0 Å². The molecule has 138 valence electrons. The van der Waals surface area contributed by atoms with E-state index in [0.29, 0.717) is 37.8 Å². The van der Waals surface area contributed by atoms with Gasteiger partial charge in [-0.1, -0.05) is 26.0 Å². The van der Waals surface area contributed by atoms with E-state index in [1.54, 1.807) is 4.90 Å². The highest BCUT2D eigenvalue weighted by molar-refractivity contribution is 7.90. The van der Waals surface area contributed by atoms with Crippen LogP contribution in [0.2, 0.25) is 0 Å². The lowest BCUT2D eigenvalue weighted by atomic mass is 10.0. The first-order chi connectivity index (χ1) is 11.9. The highest BCUT2D eigenvalue weighted by atomic mass is 32.2. The Morgan fingerprint density at radius 3 is 2.24 bits per heavy atom. The van der Waals surface area contributed by atoms with Crippen LogP contribution >= 0.6 is 0 Å². The number of rotatable bonds is 6. The van der Waals surface area contributed by atoms with Gasteiger partial charge >= 0.3 is 0 Å². The topological polar surface area (TPSA) is 66.9 Å². The van der Waals surface area contributed by atoms with Crippen LogP contribution in [0.3, 0.4) is 0 Å². The lowest BCUT2D eigenvalue weighted by Gasteiger charge is -2.34. The zero-order valence-electron chi connectivity index (χ0n) is 14.8.